The van der Waals surface area contributed by atoms with Crippen LogP contribution in [0.3, 0.4) is 0 Å². The van der Waals surface area contributed by atoms with Gasteiger partial charge in [0, 0.05) is 13.1 Å². The van der Waals surface area contributed by atoms with E-state index in [1.807, 2.05) is 0 Å². The van der Waals surface area contributed by atoms with Gasteiger partial charge in [0.1, 0.15) is 0 Å². The lowest BCUT2D eigenvalue weighted by atomic mass is 10.2. The van der Waals surface area contributed by atoms with Crippen LogP contribution < -0.4 is 5.43 Å². The Kier molecular flexibility index (Phi) is 2.24. The van der Waals surface area contributed by atoms with Crippen molar-refractivity contribution in [1.82, 2.24) is 10.7 Å². The Labute approximate surface area is 48.6 Å². The third-order valence-electron chi connectivity index (χ3n) is 1.31. The van der Waals surface area contributed by atoms with Gasteiger partial charge in [-0.3, -0.25) is 0 Å². The number of hydrogen-bond acceptors (Lipinski definition) is 2. The van der Waals surface area contributed by atoms with Gasteiger partial charge in [-0.15, -0.1) is 4.48 Å². The Morgan fingerprint density at radius 2 is 2.12 bits per heavy atom. The first-order valence-electron chi connectivity index (χ1n) is 3.06. The first-order chi connectivity index (χ1) is 3.89. The zero-order valence-corrected chi connectivity index (χ0v) is 4.86. The van der Waals surface area contributed by atoms with Gasteiger partial charge in [0.05, 0.1) is 0 Å². The van der Waals surface area contributed by atoms with Gasteiger partial charge in [-0.25, -0.2) is 5.43 Å². The van der Waals surface area contributed by atoms with Crippen LogP contribution in [0.1, 0.15) is 19.3 Å². The van der Waals surface area contributed by atoms with Crippen molar-refractivity contribution < 1.29 is 4.48 Å². The lowest BCUT2D eigenvalue weighted by Crippen LogP contribution is -2.29. The summed E-state index contributed by atoms with van der Waals surface area (Å²) in [6.45, 7) is 1.33. The maximum Gasteiger partial charge on any atom is 0.0452 e. The summed E-state index contributed by atoms with van der Waals surface area (Å²) in [6.07, 6.45) is 3.22. The van der Waals surface area contributed by atoms with Crippen LogP contribution in [0.5, 0.6) is 0 Å². The van der Waals surface area contributed by atoms with E-state index in [-0.39, 0.29) is 0 Å². The molecular formula is C5H11FN2. The Hall–Kier alpha value is -0.150. The van der Waals surface area contributed by atoms with Gasteiger partial charge in [0.2, 0.25) is 0 Å². The molecule has 1 aliphatic rings. The van der Waals surface area contributed by atoms with Gasteiger partial charge in [0.15, 0.2) is 0 Å². The summed E-state index contributed by atoms with van der Waals surface area (Å²) in [5.41, 5.74) is 2.61. The third kappa shape index (κ3) is 1.76. The molecule has 0 radical (unpaired) electrons. The predicted octanol–water partition coefficient (Wildman–Crippen LogP) is 0.861. The summed E-state index contributed by atoms with van der Waals surface area (Å²) in [5, 5.41) is 0.674. The van der Waals surface area contributed by atoms with Crippen molar-refractivity contribution in [3.63, 3.8) is 0 Å². The molecule has 0 aromatic rings. The van der Waals surface area contributed by atoms with Crippen molar-refractivity contribution in [1.29, 1.82) is 0 Å². The van der Waals surface area contributed by atoms with Crippen LogP contribution in [0.15, 0.2) is 0 Å². The lowest BCUT2D eigenvalue weighted by molar-refractivity contribution is -0.0258. The molecule has 1 saturated heterocycles. The van der Waals surface area contributed by atoms with Crippen LogP contribution in [-0.4, -0.2) is 18.3 Å². The Bertz CT molecular complexity index is 59.4. The fourth-order valence-electron chi connectivity index (χ4n) is 0.832. The number of nitrogens with zero attached hydrogens (tertiary/aromatic N) is 1. The monoisotopic (exact) mass is 118 g/mol. The highest BCUT2D eigenvalue weighted by Gasteiger charge is 2.04. The summed E-state index contributed by atoms with van der Waals surface area (Å²) in [5.74, 6) is 0. The number of halogens is 1. The van der Waals surface area contributed by atoms with E-state index in [0.29, 0.717) is 11.8 Å². The van der Waals surface area contributed by atoms with Crippen molar-refractivity contribution in [2.24, 2.45) is 0 Å². The maximum absolute atomic E-state index is 12.2. The standard InChI is InChI=1S/C5H11FN2/c6-8-5-3-1-2-4-7-8/h7H,1-5H2. The molecular weight excluding hydrogens is 107 g/mol. The second-order valence-corrected chi connectivity index (χ2v) is 2.05. The fraction of sp³-hybridized carbons (Fsp3) is 1.00. The van der Waals surface area contributed by atoms with Crippen molar-refractivity contribution in [3.05, 3.63) is 0 Å². The molecule has 1 rings (SSSR count). The highest BCUT2D eigenvalue weighted by Crippen LogP contribution is 2.00. The molecule has 2 nitrogen and oxygen atoms in total. The summed E-state index contributed by atoms with van der Waals surface area (Å²) in [7, 11) is 0. The van der Waals surface area contributed by atoms with Gasteiger partial charge in [-0.1, -0.05) is 11.7 Å². The van der Waals surface area contributed by atoms with Gasteiger partial charge in [0.25, 0.3) is 0 Å². The molecule has 3 heteroatoms. The highest BCUT2D eigenvalue weighted by atomic mass is 19.2. The zero-order chi connectivity index (χ0) is 5.82. The van der Waals surface area contributed by atoms with Gasteiger partial charge >= 0.3 is 0 Å². The van der Waals surface area contributed by atoms with Crippen LogP contribution in [0, 0.1) is 0 Å². The Morgan fingerprint density at radius 3 is 3.00 bits per heavy atom. The van der Waals surface area contributed by atoms with E-state index < -0.39 is 0 Å². The summed E-state index contributed by atoms with van der Waals surface area (Å²) in [6, 6.07) is 0. The molecule has 48 valence electrons. The van der Waals surface area contributed by atoms with E-state index in [4.69, 9.17) is 0 Å². The molecule has 0 atom stereocenters. The number of rotatable bonds is 0. The molecule has 0 amide bonds. The highest BCUT2D eigenvalue weighted by molar-refractivity contribution is 4.50. The van der Waals surface area contributed by atoms with Gasteiger partial charge in [-0.05, 0) is 12.8 Å². The van der Waals surface area contributed by atoms with E-state index in [9.17, 15) is 4.48 Å². The molecule has 0 saturated carbocycles. The van der Waals surface area contributed by atoms with E-state index >= 15 is 0 Å². The van der Waals surface area contributed by atoms with Crippen molar-refractivity contribution in [2.45, 2.75) is 19.3 Å². The topological polar surface area (TPSA) is 15.3 Å². The molecule has 1 heterocycles. The molecule has 1 N–H and O–H groups in total. The van der Waals surface area contributed by atoms with E-state index in [1.165, 1.54) is 0 Å². The molecule has 0 bridgehead atoms. The molecule has 0 aromatic carbocycles. The van der Waals surface area contributed by atoms with E-state index in [1.54, 1.807) is 0 Å². The molecule has 0 aromatic heterocycles. The van der Waals surface area contributed by atoms with Crippen LogP contribution in [0.2, 0.25) is 0 Å². The average molecular weight is 118 g/mol. The minimum atomic E-state index is 0.542. The van der Waals surface area contributed by atoms with E-state index in [2.05, 4.69) is 5.43 Å². The Balaban J connectivity index is 2.17. The smallest absolute Gasteiger partial charge is 0.0452 e. The van der Waals surface area contributed by atoms with E-state index in [0.717, 1.165) is 25.8 Å². The first-order valence-corrected chi connectivity index (χ1v) is 3.06. The quantitative estimate of drug-likeness (QED) is 0.474. The molecule has 0 unspecified atom stereocenters. The molecule has 0 spiro atoms. The largest absolute Gasteiger partial charge is 0.227 e. The van der Waals surface area contributed by atoms with Crippen molar-refractivity contribution >= 4 is 0 Å². The first kappa shape index (κ1) is 5.98. The number of nitrogens with one attached hydrogen (secondary N) is 1. The minimum Gasteiger partial charge on any atom is -0.227 e. The second-order valence-electron chi connectivity index (χ2n) is 2.05. The lowest BCUT2D eigenvalue weighted by Gasteiger charge is -2.06. The van der Waals surface area contributed by atoms with Crippen molar-refractivity contribution in [3.8, 4) is 0 Å². The van der Waals surface area contributed by atoms with Crippen LogP contribution in [-0.2, 0) is 0 Å². The van der Waals surface area contributed by atoms with Gasteiger partial charge < -0.3 is 0 Å². The number of hydrogen-bond donors (Lipinski definition) is 1. The summed E-state index contributed by atoms with van der Waals surface area (Å²) >= 11 is 0. The number of hydrazine groups is 1. The van der Waals surface area contributed by atoms with Crippen LogP contribution >= 0.6 is 0 Å². The maximum atomic E-state index is 12.2. The van der Waals surface area contributed by atoms with Crippen LogP contribution in [0.25, 0.3) is 0 Å². The second kappa shape index (κ2) is 2.99. The fourth-order valence-corrected chi connectivity index (χ4v) is 0.832. The Morgan fingerprint density at radius 1 is 1.25 bits per heavy atom. The average Bonchev–Trinajstić information content (AvgIpc) is 1.94. The molecule has 8 heavy (non-hydrogen) atoms. The molecule has 1 aliphatic heterocycles. The van der Waals surface area contributed by atoms with Gasteiger partial charge in [-0.2, -0.15) is 0 Å². The van der Waals surface area contributed by atoms with Crippen LogP contribution in [0.4, 0.5) is 4.48 Å². The third-order valence-corrected chi connectivity index (χ3v) is 1.31. The SMILES string of the molecule is FN1CCCCCN1. The summed E-state index contributed by atoms with van der Waals surface area (Å²) in [4.78, 5) is 0. The minimum absolute atomic E-state index is 0.542. The summed E-state index contributed by atoms with van der Waals surface area (Å²) < 4.78 is 12.2. The molecule has 0 aliphatic carbocycles. The predicted molar refractivity (Wildman–Crippen MR) is 29.7 cm³/mol. The molecule has 1 fully saturated rings. The van der Waals surface area contributed by atoms with Crippen molar-refractivity contribution in [2.75, 3.05) is 13.1 Å². The zero-order valence-electron chi connectivity index (χ0n) is 4.86. The normalized spacial score (nSPS) is 25.1.